The molecule has 0 fully saturated rings. The predicted molar refractivity (Wildman–Crippen MR) is 118 cm³/mol. The Bertz CT molecular complexity index is 1230. The molecule has 1 amide bonds. The van der Waals surface area contributed by atoms with Crippen LogP contribution in [0.4, 0.5) is 10.7 Å². The van der Waals surface area contributed by atoms with E-state index >= 15 is 0 Å². The minimum absolute atomic E-state index is 0.0204. The van der Waals surface area contributed by atoms with Gasteiger partial charge in [-0.05, 0) is 50.3 Å². The van der Waals surface area contributed by atoms with Crippen LogP contribution in [-0.2, 0) is 22.4 Å². The summed E-state index contributed by atoms with van der Waals surface area (Å²) in [6.07, 6.45) is 4.54. The molecule has 0 saturated carbocycles. The van der Waals surface area contributed by atoms with Crippen LogP contribution in [0.25, 0.3) is 6.08 Å². The van der Waals surface area contributed by atoms with Crippen LogP contribution in [0.5, 0.6) is 11.5 Å². The van der Waals surface area contributed by atoms with Gasteiger partial charge in [0.15, 0.2) is 11.5 Å². The van der Waals surface area contributed by atoms with Crippen LogP contribution in [0.2, 0.25) is 0 Å². The Labute approximate surface area is 192 Å². The molecule has 4 rings (SSSR count). The summed E-state index contributed by atoms with van der Waals surface area (Å²) < 4.78 is 15.6. The highest BCUT2D eigenvalue weighted by Crippen LogP contribution is 2.40. The maximum absolute atomic E-state index is 12.9. The molecule has 2 heterocycles. The maximum atomic E-state index is 12.9. The minimum atomic E-state index is -0.784. The number of nitriles is 1. The lowest BCUT2D eigenvalue weighted by molar-refractivity contribution is -0.385. The van der Waals surface area contributed by atoms with E-state index in [-0.39, 0.29) is 41.7 Å². The first-order valence-corrected chi connectivity index (χ1v) is 11.1. The molecule has 1 aliphatic carbocycles. The van der Waals surface area contributed by atoms with E-state index in [1.54, 1.807) is 13.0 Å². The van der Waals surface area contributed by atoms with E-state index in [4.69, 9.17) is 14.2 Å². The summed E-state index contributed by atoms with van der Waals surface area (Å²) in [7, 11) is 0. The fraction of sp³-hybridized carbons (Fsp3) is 0.318. The third-order valence-electron chi connectivity index (χ3n) is 5.26. The van der Waals surface area contributed by atoms with E-state index in [0.717, 1.165) is 35.8 Å². The summed E-state index contributed by atoms with van der Waals surface area (Å²) in [4.78, 5) is 37.4. The molecular formula is C22H19N3O7S. The Balaban J connectivity index is 1.68. The number of aryl methyl sites for hydroxylation is 1. The highest BCUT2D eigenvalue weighted by molar-refractivity contribution is 7.17. The minimum Gasteiger partial charge on any atom is -0.462 e. The van der Waals surface area contributed by atoms with E-state index in [0.29, 0.717) is 17.0 Å². The molecule has 33 heavy (non-hydrogen) atoms. The fourth-order valence-corrected chi connectivity index (χ4v) is 5.04. The number of thiophene rings is 1. The lowest BCUT2D eigenvalue weighted by atomic mass is 9.95. The van der Waals surface area contributed by atoms with E-state index < -0.39 is 16.8 Å². The second-order valence-electron chi connectivity index (χ2n) is 7.28. The molecule has 1 aromatic carbocycles. The molecule has 0 spiro atoms. The number of carbonyl (C=O) groups is 2. The van der Waals surface area contributed by atoms with Crippen molar-refractivity contribution in [2.75, 3.05) is 18.7 Å². The zero-order chi connectivity index (χ0) is 23.5. The number of fused-ring (bicyclic) bond motifs is 2. The van der Waals surface area contributed by atoms with E-state index in [2.05, 4.69) is 5.32 Å². The van der Waals surface area contributed by atoms with Crippen molar-refractivity contribution in [3.63, 3.8) is 0 Å². The molecule has 1 aromatic heterocycles. The molecule has 0 unspecified atom stereocenters. The third-order valence-corrected chi connectivity index (χ3v) is 6.47. The van der Waals surface area contributed by atoms with Gasteiger partial charge in [0.05, 0.1) is 28.7 Å². The molecule has 170 valence electrons. The van der Waals surface area contributed by atoms with Crippen molar-refractivity contribution >= 4 is 40.0 Å². The van der Waals surface area contributed by atoms with Gasteiger partial charge in [0.1, 0.15) is 16.6 Å². The number of anilines is 1. The molecule has 0 radical (unpaired) electrons. The molecule has 11 heteroatoms. The molecule has 10 nitrogen and oxygen atoms in total. The Morgan fingerprint density at radius 1 is 1.30 bits per heavy atom. The molecule has 1 N–H and O–H groups in total. The van der Waals surface area contributed by atoms with Crippen LogP contribution in [0.3, 0.4) is 0 Å². The second kappa shape index (κ2) is 9.30. The highest BCUT2D eigenvalue weighted by Gasteiger charge is 2.28. The van der Waals surface area contributed by atoms with Crippen molar-refractivity contribution < 1.29 is 28.7 Å². The second-order valence-corrected chi connectivity index (χ2v) is 8.39. The summed E-state index contributed by atoms with van der Waals surface area (Å²) >= 11 is 1.29. The number of hydrogen-bond acceptors (Lipinski definition) is 9. The summed E-state index contributed by atoms with van der Waals surface area (Å²) in [6.45, 7) is 1.81. The average molecular weight is 469 g/mol. The fourth-order valence-electron chi connectivity index (χ4n) is 3.77. The number of nitrogens with zero attached hydrogens (tertiary/aromatic N) is 2. The lowest BCUT2D eigenvalue weighted by Gasteiger charge is -2.12. The van der Waals surface area contributed by atoms with Gasteiger partial charge in [-0.25, -0.2) is 4.79 Å². The largest absolute Gasteiger partial charge is 0.462 e. The first-order valence-electron chi connectivity index (χ1n) is 10.3. The molecule has 2 aromatic rings. The zero-order valence-corrected chi connectivity index (χ0v) is 18.5. The zero-order valence-electron chi connectivity index (χ0n) is 17.6. The topological polar surface area (TPSA) is 141 Å². The number of nitro groups is 1. The number of rotatable bonds is 6. The van der Waals surface area contributed by atoms with Crippen molar-refractivity contribution in [3.05, 3.63) is 49.4 Å². The number of ether oxygens (including phenoxy) is 3. The van der Waals surface area contributed by atoms with Gasteiger partial charge in [-0.3, -0.25) is 14.9 Å². The predicted octanol–water partition coefficient (Wildman–Crippen LogP) is 3.99. The number of nitrogens with one attached hydrogen (secondary N) is 1. The Kier molecular flexibility index (Phi) is 6.28. The highest BCUT2D eigenvalue weighted by atomic mass is 32.1. The Hall–Kier alpha value is -3.91. The summed E-state index contributed by atoms with van der Waals surface area (Å²) in [5, 5.41) is 24.0. The SMILES string of the molecule is CCOC(=O)c1c(NC(=O)/C(C#N)=C/c2cc3c(cc2[N+](=O)[O-])OCO3)sc2c1CCCC2. The van der Waals surface area contributed by atoms with Crippen molar-refractivity contribution in [1.29, 1.82) is 5.26 Å². The number of esters is 1. The average Bonchev–Trinajstić information content (AvgIpc) is 3.40. The number of benzene rings is 1. The van der Waals surface area contributed by atoms with Crippen LogP contribution in [0.1, 0.15) is 46.1 Å². The van der Waals surface area contributed by atoms with E-state index in [1.807, 2.05) is 0 Å². The van der Waals surface area contributed by atoms with E-state index in [1.165, 1.54) is 23.5 Å². The van der Waals surface area contributed by atoms with Crippen molar-refractivity contribution in [2.24, 2.45) is 0 Å². The number of amides is 1. The summed E-state index contributed by atoms with van der Waals surface area (Å²) in [5.41, 5.74) is 0.508. The van der Waals surface area contributed by atoms with Gasteiger partial charge < -0.3 is 19.5 Å². The maximum Gasteiger partial charge on any atom is 0.341 e. The van der Waals surface area contributed by atoms with Crippen LogP contribution in [-0.4, -0.2) is 30.2 Å². The summed E-state index contributed by atoms with van der Waals surface area (Å²) in [6, 6.07) is 4.32. The van der Waals surface area contributed by atoms with Crippen LogP contribution >= 0.6 is 11.3 Å². The quantitative estimate of drug-likeness (QED) is 0.220. The van der Waals surface area contributed by atoms with E-state index in [9.17, 15) is 25.0 Å². The first kappa shape index (κ1) is 22.3. The number of nitro benzene ring substituents is 1. The van der Waals surface area contributed by atoms with Gasteiger partial charge in [0.2, 0.25) is 6.79 Å². The molecule has 2 aliphatic rings. The van der Waals surface area contributed by atoms with Gasteiger partial charge in [-0.2, -0.15) is 5.26 Å². The van der Waals surface area contributed by atoms with Crippen molar-refractivity contribution in [2.45, 2.75) is 32.6 Å². The smallest absolute Gasteiger partial charge is 0.341 e. The van der Waals surface area contributed by atoms with Gasteiger partial charge >= 0.3 is 5.97 Å². The number of carbonyl (C=O) groups excluding carboxylic acids is 2. The van der Waals surface area contributed by atoms with Gasteiger partial charge in [-0.15, -0.1) is 11.3 Å². The lowest BCUT2D eigenvalue weighted by Crippen LogP contribution is -2.16. The molecule has 1 aliphatic heterocycles. The Morgan fingerprint density at radius 3 is 2.73 bits per heavy atom. The van der Waals surface area contributed by atoms with Crippen LogP contribution in [0.15, 0.2) is 17.7 Å². The summed E-state index contributed by atoms with van der Waals surface area (Å²) in [5.74, 6) is -0.820. The monoisotopic (exact) mass is 469 g/mol. The van der Waals surface area contributed by atoms with Crippen molar-refractivity contribution in [1.82, 2.24) is 0 Å². The third kappa shape index (κ3) is 4.38. The van der Waals surface area contributed by atoms with Gasteiger partial charge in [0, 0.05) is 4.88 Å². The molecular weight excluding hydrogens is 450 g/mol. The van der Waals surface area contributed by atoms with Crippen LogP contribution in [0, 0.1) is 21.4 Å². The normalized spacial score (nSPS) is 14.2. The first-order chi connectivity index (χ1) is 15.9. The molecule has 0 saturated heterocycles. The molecule has 0 bridgehead atoms. The number of hydrogen-bond donors (Lipinski definition) is 1. The Morgan fingerprint density at radius 2 is 2.03 bits per heavy atom. The molecule has 0 atom stereocenters. The van der Waals surface area contributed by atoms with Gasteiger partial charge in [-0.1, -0.05) is 0 Å². The van der Waals surface area contributed by atoms with Crippen molar-refractivity contribution in [3.8, 4) is 17.6 Å². The standard InChI is InChI=1S/C22H19N3O7S/c1-2-30-22(27)19-14-5-3-4-6-18(14)33-21(19)24-20(26)13(10-23)7-12-8-16-17(32-11-31-16)9-15(12)25(28)29/h7-9H,2-6,11H2,1H3,(H,24,26)/b13-7+. The van der Waals surface area contributed by atoms with Gasteiger partial charge in [0.25, 0.3) is 11.6 Å². The van der Waals surface area contributed by atoms with Crippen LogP contribution < -0.4 is 14.8 Å².